The van der Waals surface area contributed by atoms with Crippen molar-refractivity contribution in [2.24, 2.45) is 10.9 Å². The summed E-state index contributed by atoms with van der Waals surface area (Å²) in [5, 5.41) is 1.25. The van der Waals surface area contributed by atoms with Gasteiger partial charge < -0.3 is 4.74 Å². The number of hydrogen-bond acceptors (Lipinski definition) is 3. The summed E-state index contributed by atoms with van der Waals surface area (Å²) < 4.78 is 5.26. The third kappa shape index (κ3) is 4.96. The number of nitrogens with zero attached hydrogens (tertiary/aromatic N) is 1. The van der Waals surface area contributed by atoms with Crippen LogP contribution >= 0.6 is 34.8 Å². The van der Waals surface area contributed by atoms with E-state index in [9.17, 15) is 4.79 Å². The highest BCUT2D eigenvalue weighted by Crippen LogP contribution is 2.31. The largest absolute Gasteiger partial charge is 0.426 e. The number of halogens is 3. The molecule has 0 aliphatic carbocycles. The number of carbonyl (C=O) groups excluding carboxylic acids is 1. The lowest BCUT2D eigenvalue weighted by Gasteiger charge is -2.08. The topological polar surface area (TPSA) is 38.7 Å². The molecule has 0 amide bonds. The molecule has 0 aliphatic rings. The minimum atomic E-state index is -0.326. The molecule has 2 rings (SSSR count). The number of ether oxygens (including phenoxy) is 1. The van der Waals surface area contributed by atoms with Gasteiger partial charge >= 0.3 is 5.97 Å². The molecule has 0 aromatic heterocycles. The fourth-order valence-corrected chi connectivity index (χ4v) is 2.27. The SMILES string of the molecule is CC(C)C(=O)Oc1cc(Cl)cc(C=Nc2cccc(Cl)c2Cl)c1. The Morgan fingerprint density at radius 1 is 1.17 bits per heavy atom. The van der Waals surface area contributed by atoms with Gasteiger partial charge in [0, 0.05) is 11.2 Å². The van der Waals surface area contributed by atoms with E-state index in [1.54, 1.807) is 56.5 Å². The normalized spacial score (nSPS) is 11.2. The zero-order chi connectivity index (χ0) is 17.0. The molecule has 0 bridgehead atoms. The molecule has 6 heteroatoms. The van der Waals surface area contributed by atoms with E-state index in [1.165, 1.54) is 0 Å². The Hall–Kier alpha value is -1.55. The summed E-state index contributed by atoms with van der Waals surface area (Å²) >= 11 is 18.1. The highest BCUT2D eigenvalue weighted by atomic mass is 35.5. The molecule has 0 spiro atoms. The molecule has 3 nitrogen and oxygen atoms in total. The van der Waals surface area contributed by atoms with Crippen molar-refractivity contribution in [1.82, 2.24) is 0 Å². The van der Waals surface area contributed by atoms with Gasteiger partial charge in [-0.05, 0) is 35.9 Å². The van der Waals surface area contributed by atoms with Crippen molar-refractivity contribution in [3.05, 3.63) is 57.0 Å². The molecule has 0 atom stereocenters. The molecule has 120 valence electrons. The van der Waals surface area contributed by atoms with Crippen LogP contribution in [0.25, 0.3) is 0 Å². The minimum absolute atomic E-state index is 0.226. The van der Waals surface area contributed by atoms with E-state index in [-0.39, 0.29) is 11.9 Å². The predicted molar refractivity (Wildman–Crippen MR) is 95.6 cm³/mol. The molecule has 0 N–H and O–H groups in total. The first-order valence-corrected chi connectivity index (χ1v) is 8.00. The Kier molecular flexibility index (Phi) is 6.05. The van der Waals surface area contributed by atoms with Crippen molar-refractivity contribution < 1.29 is 9.53 Å². The second-order valence-corrected chi connectivity index (χ2v) is 6.35. The van der Waals surface area contributed by atoms with Crippen molar-refractivity contribution in [2.45, 2.75) is 13.8 Å². The number of rotatable bonds is 4. The fourth-order valence-electron chi connectivity index (χ4n) is 1.69. The highest BCUT2D eigenvalue weighted by Gasteiger charge is 2.10. The van der Waals surface area contributed by atoms with Gasteiger partial charge in [-0.3, -0.25) is 9.79 Å². The molecule has 0 saturated heterocycles. The number of carbonyl (C=O) groups is 1. The quantitative estimate of drug-likeness (QED) is 0.378. The first-order valence-electron chi connectivity index (χ1n) is 6.87. The zero-order valence-electron chi connectivity index (χ0n) is 12.5. The molecule has 0 saturated carbocycles. The van der Waals surface area contributed by atoms with E-state index in [1.807, 2.05) is 0 Å². The fraction of sp³-hybridized carbons (Fsp3) is 0.176. The Labute approximate surface area is 149 Å². The summed E-state index contributed by atoms with van der Waals surface area (Å²) in [5.41, 5.74) is 1.22. The van der Waals surface area contributed by atoms with E-state index in [0.717, 1.165) is 0 Å². The zero-order valence-corrected chi connectivity index (χ0v) is 14.8. The standard InChI is InChI=1S/C17H14Cl3NO2/c1-10(2)17(22)23-13-7-11(6-12(18)8-13)9-21-15-5-3-4-14(19)16(15)20/h3-10H,1-2H3. The van der Waals surface area contributed by atoms with Gasteiger partial charge in [0.1, 0.15) is 5.75 Å². The second kappa shape index (κ2) is 7.82. The highest BCUT2D eigenvalue weighted by molar-refractivity contribution is 6.43. The van der Waals surface area contributed by atoms with Gasteiger partial charge in [0.2, 0.25) is 0 Å². The van der Waals surface area contributed by atoms with E-state index in [2.05, 4.69) is 4.99 Å². The van der Waals surface area contributed by atoms with Crippen LogP contribution in [0.5, 0.6) is 5.75 Å². The van der Waals surface area contributed by atoms with E-state index in [0.29, 0.717) is 32.1 Å². The molecule has 2 aromatic rings. The number of benzene rings is 2. The monoisotopic (exact) mass is 369 g/mol. The van der Waals surface area contributed by atoms with Gasteiger partial charge in [-0.1, -0.05) is 54.7 Å². The van der Waals surface area contributed by atoms with E-state index in [4.69, 9.17) is 39.5 Å². The average Bonchev–Trinajstić information content (AvgIpc) is 2.48. The lowest BCUT2D eigenvalue weighted by Crippen LogP contribution is -2.14. The van der Waals surface area contributed by atoms with Crippen LogP contribution in [0, 0.1) is 5.92 Å². The maximum atomic E-state index is 11.7. The minimum Gasteiger partial charge on any atom is -0.426 e. The Bertz CT molecular complexity index is 757. The van der Waals surface area contributed by atoms with Gasteiger partial charge in [0.15, 0.2) is 0 Å². The van der Waals surface area contributed by atoms with Crippen molar-refractivity contribution in [1.29, 1.82) is 0 Å². The maximum absolute atomic E-state index is 11.7. The van der Waals surface area contributed by atoms with Gasteiger partial charge in [-0.25, -0.2) is 0 Å². The Morgan fingerprint density at radius 2 is 1.91 bits per heavy atom. The first kappa shape index (κ1) is 17.8. The summed E-state index contributed by atoms with van der Waals surface area (Å²) in [6.45, 7) is 3.52. The van der Waals surface area contributed by atoms with Crippen LogP contribution in [0.1, 0.15) is 19.4 Å². The average molecular weight is 371 g/mol. The molecule has 0 radical (unpaired) electrons. The smallest absolute Gasteiger partial charge is 0.313 e. The van der Waals surface area contributed by atoms with Gasteiger partial charge in [0.25, 0.3) is 0 Å². The van der Waals surface area contributed by atoms with Gasteiger partial charge in [-0.2, -0.15) is 0 Å². The van der Waals surface area contributed by atoms with Gasteiger partial charge in [0.05, 0.1) is 21.7 Å². The molecule has 23 heavy (non-hydrogen) atoms. The van der Waals surface area contributed by atoms with Gasteiger partial charge in [-0.15, -0.1) is 0 Å². The first-order chi connectivity index (χ1) is 10.9. The van der Waals surface area contributed by atoms with Crippen LogP contribution in [-0.2, 0) is 4.79 Å². The van der Waals surface area contributed by atoms with Crippen LogP contribution in [0.15, 0.2) is 41.4 Å². The van der Waals surface area contributed by atoms with Crippen LogP contribution in [0.4, 0.5) is 5.69 Å². The van der Waals surface area contributed by atoms with Crippen LogP contribution in [-0.4, -0.2) is 12.2 Å². The number of esters is 1. The number of aliphatic imine (C=N–C) groups is 1. The van der Waals surface area contributed by atoms with Crippen molar-refractivity contribution in [3.63, 3.8) is 0 Å². The van der Waals surface area contributed by atoms with Crippen molar-refractivity contribution in [2.75, 3.05) is 0 Å². The lowest BCUT2D eigenvalue weighted by molar-refractivity contribution is -0.137. The summed E-state index contributed by atoms with van der Waals surface area (Å²) in [6, 6.07) is 10.1. The molecule has 0 fully saturated rings. The third-order valence-corrected chi connectivity index (χ3v) is 3.89. The molecule has 0 aliphatic heterocycles. The third-order valence-electron chi connectivity index (χ3n) is 2.87. The van der Waals surface area contributed by atoms with Crippen molar-refractivity contribution >= 4 is 52.7 Å². The van der Waals surface area contributed by atoms with Crippen molar-refractivity contribution in [3.8, 4) is 5.75 Å². The number of hydrogen-bond donors (Lipinski definition) is 0. The van der Waals surface area contributed by atoms with E-state index < -0.39 is 0 Å². The lowest BCUT2D eigenvalue weighted by atomic mass is 10.2. The molecule has 0 heterocycles. The molecular formula is C17H14Cl3NO2. The maximum Gasteiger partial charge on any atom is 0.313 e. The summed E-state index contributed by atoms with van der Waals surface area (Å²) in [4.78, 5) is 16.0. The second-order valence-electron chi connectivity index (χ2n) is 5.13. The van der Waals surface area contributed by atoms with Crippen LogP contribution < -0.4 is 4.74 Å². The molecular weight excluding hydrogens is 357 g/mol. The Morgan fingerprint density at radius 3 is 2.61 bits per heavy atom. The summed E-state index contributed by atoms with van der Waals surface area (Å²) in [5.74, 6) is -0.181. The van der Waals surface area contributed by atoms with Crippen LogP contribution in [0.2, 0.25) is 15.1 Å². The molecule has 2 aromatic carbocycles. The summed E-state index contributed by atoms with van der Waals surface area (Å²) in [6.07, 6.45) is 1.58. The predicted octanol–water partition coefficient (Wildman–Crippen LogP) is 5.96. The molecule has 0 unspecified atom stereocenters. The Balaban J connectivity index is 2.26. The van der Waals surface area contributed by atoms with Crippen LogP contribution in [0.3, 0.4) is 0 Å². The van der Waals surface area contributed by atoms with E-state index >= 15 is 0 Å². The summed E-state index contributed by atoms with van der Waals surface area (Å²) in [7, 11) is 0.